The van der Waals surface area contributed by atoms with Gasteiger partial charge in [-0.3, -0.25) is 9.69 Å². The first-order chi connectivity index (χ1) is 14.1. The van der Waals surface area contributed by atoms with Gasteiger partial charge in [-0.25, -0.2) is 0 Å². The lowest BCUT2D eigenvalue weighted by Crippen LogP contribution is -2.34. The Morgan fingerprint density at radius 2 is 2.03 bits per heavy atom. The number of carbonyl (C=O) groups is 1. The Bertz CT molecular complexity index is 886. The zero-order chi connectivity index (χ0) is 20.2. The Hall–Kier alpha value is -2.93. The third-order valence-corrected chi connectivity index (χ3v) is 5.09. The molecule has 2 aromatic rings. The van der Waals surface area contributed by atoms with Crippen molar-refractivity contribution >= 4 is 5.91 Å². The lowest BCUT2D eigenvalue weighted by Gasteiger charge is -2.21. The molecule has 0 aliphatic carbocycles. The summed E-state index contributed by atoms with van der Waals surface area (Å²) in [5.41, 5.74) is 2.10. The number of fused-ring (bicyclic) bond motifs is 2. The summed E-state index contributed by atoms with van der Waals surface area (Å²) >= 11 is 0. The normalized spacial score (nSPS) is 17.8. The molecule has 4 rings (SSSR count). The van der Waals surface area contributed by atoms with Crippen molar-refractivity contribution in [3.63, 3.8) is 0 Å². The fourth-order valence-electron chi connectivity index (χ4n) is 3.60. The van der Waals surface area contributed by atoms with Gasteiger partial charge in [0.2, 0.25) is 12.7 Å². The minimum atomic E-state index is 0.0236. The fourth-order valence-corrected chi connectivity index (χ4v) is 3.60. The van der Waals surface area contributed by atoms with E-state index in [2.05, 4.69) is 10.2 Å². The van der Waals surface area contributed by atoms with E-state index >= 15 is 0 Å². The summed E-state index contributed by atoms with van der Waals surface area (Å²) in [5.74, 6) is 3.13. The minimum Gasteiger partial charge on any atom is -0.497 e. The van der Waals surface area contributed by atoms with Gasteiger partial charge in [0, 0.05) is 44.2 Å². The molecule has 1 atom stereocenters. The quantitative estimate of drug-likeness (QED) is 0.807. The second-order valence-corrected chi connectivity index (χ2v) is 7.35. The summed E-state index contributed by atoms with van der Waals surface area (Å²) < 4.78 is 22.0. The van der Waals surface area contributed by atoms with Crippen LogP contribution in [0.1, 0.15) is 24.5 Å². The largest absolute Gasteiger partial charge is 0.497 e. The van der Waals surface area contributed by atoms with Crippen molar-refractivity contribution in [3.8, 4) is 23.0 Å². The number of nitrogens with one attached hydrogen (secondary N) is 1. The molecule has 2 heterocycles. The molecule has 0 spiro atoms. The summed E-state index contributed by atoms with van der Waals surface area (Å²) in [6, 6.07) is 11.6. The van der Waals surface area contributed by atoms with Crippen molar-refractivity contribution < 1.29 is 23.7 Å². The Morgan fingerprint density at radius 3 is 2.90 bits per heavy atom. The van der Waals surface area contributed by atoms with E-state index in [-0.39, 0.29) is 18.8 Å². The zero-order valence-corrected chi connectivity index (χ0v) is 16.8. The number of hydrogen-bond acceptors (Lipinski definition) is 6. The topological polar surface area (TPSA) is 69.3 Å². The van der Waals surface area contributed by atoms with Crippen LogP contribution in [0.3, 0.4) is 0 Å². The molecular formula is C22H26N2O5. The second-order valence-electron chi connectivity index (χ2n) is 7.35. The molecule has 7 nitrogen and oxygen atoms in total. The highest BCUT2D eigenvalue weighted by molar-refractivity contribution is 5.76. The Kier molecular flexibility index (Phi) is 5.76. The van der Waals surface area contributed by atoms with Crippen molar-refractivity contribution in [1.29, 1.82) is 0 Å². The van der Waals surface area contributed by atoms with Gasteiger partial charge in [0.1, 0.15) is 17.6 Å². The molecule has 2 aliphatic heterocycles. The monoisotopic (exact) mass is 398 g/mol. The highest BCUT2D eigenvalue weighted by atomic mass is 16.7. The second kappa shape index (κ2) is 8.61. The summed E-state index contributed by atoms with van der Waals surface area (Å²) in [5, 5.41) is 2.98. The molecule has 154 valence electrons. The summed E-state index contributed by atoms with van der Waals surface area (Å²) in [6.45, 7) is 4.95. The van der Waals surface area contributed by atoms with Gasteiger partial charge in [-0.05, 0) is 30.7 Å². The number of benzene rings is 2. The van der Waals surface area contributed by atoms with Gasteiger partial charge in [-0.1, -0.05) is 12.1 Å². The molecule has 7 heteroatoms. The molecule has 0 saturated carbocycles. The Labute approximate surface area is 170 Å². The van der Waals surface area contributed by atoms with Crippen LogP contribution in [0, 0.1) is 0 Å². The lowest BCUT2D eigenvalue weighted by molar-refractivity contribution is -0.121. The predicted molar refractivity (Wildman–Crippen MR) is 107 cm³/mol. The van der Waals surface area contributed by atoms with Crippen molar-refractivity contribution in [2.45, 2.75) is 32.5 Å². The average molecular weight is 398 g/mol. The third-order valence-electron chi connectivity index (χ3n) is 5.09. The fraction of sp³-hybridized carbons (Fsp3) is 0.409. The van der Waals surface area contributed by atoms with Crippen LogP contribution in [0.4, 0.5) is 0 Å². The molecular weight excluding hydrogens is 372 g/mol. The maximum atomic E-state index is 12.3. The number of carbonyl (C=O) groups excluding carboxylic acids is 1. The first-order valence-electron chi connectivity index (χ1n) is 9.82. The molecule has 2 aromatic carbocycles. The number of methoxy groups -OCH3 is 1. The van der Waals surface area contributed by atoms with E-state index < -0.39 is 0 Å². The Balaban J connectivity index is 1.29. The van der Waals surface area contributed by atoms with Crippen LogP contribution in [0.5, 0.6) is 23.0 Å². The minimum absolute atomic E-state index is 0.0236. The van der Waals surface area contributed by atoms with Crippen LogP contribution < -0.4 is 24.3 Å². The molecule has 0 bridgehead atoms. The summed E-state index contributed by atoms with van der Waals surface area (Å²) in [6.07, 6.45) is 0.475. The standard InChI is InChI=1S/C22H26N2O5/c1-15-12-24(13-17-4-5-18(26-2)10-20(17)29-15)8-7-22(25)23-11-16-3-6-19-21(9-16)28-14-27-19/h3-6,9-10,15H,7-8,11-14H2,1-2H3,(H,23,25). The molecule has 2 aliphatic rings. The molecule has 0 aromatic heterocycles. The molecule has 0 radical (unpaired) electrons. The molecule has 1 unspecified atom stereocenters. The van der Waals surface area contributed by atoms with Crippen LogP contribution >= 0.6 is 0 Å². The van der Waals surface area contributed by atoms with Gasteiger partial charge >= 0.3 is 0 Å². The molecule has 1 amide bonds. The van der Waals surface area contributed by atoms with Gasteiger partial charge in [0.15, 0.2) is 11.5 Å². The Morgan fingerprint density at radius 1 is 1.17 bits per heavy atom. The van der Waals surface area contributed by atoms with Gasteiger partial charge < -0.3 is 24.3 Å². The van der Waals surface area contributed by atoms with Crippen LogP contribution in [-0.2, 0) is 17.9 Å². The first kappa shape index (κ1) is 19.4. The van der Waals surface area contributed by atoms with E-state index in [9.17, 15) is 4.79 Å². The number of amides is 1. The smallest absolute Gasteiger partial charge is 0.231 e. The van der Waals surface area contributed by atoms with E-state index in [0.29, 0.717) is 19.5 Å². The van der Waals surface area contributed by atoms with Gasteiger partial charge in [0.25, 0.3) is 0 Å². The number of rotatable bonds is 6. The molecule has 1 N–H and O–H groups in total. The maximum Gasteiger partial charge on any atom is 0.231 e. The summed E-state index contributed by atoms with van der Waals surface area (Å²) in [7, 11) is 1.65. The lowest BCUT2D eigenvalue weighted by atomic mass is 10.1. The zero-order valence-electron chi connectivity index (χ0n) is 16.8. The number of hydrogen-bond donors (Lipinski definition) is 1. The van der Waals surface area contributed by atoms with Gasteiger partial charge in [0.05, 0.1) is 7.11 Å². The predicted octanol–water partition coefficient (Wildman–Crippen LogP) is 2.71. The van der Waals surface area contributed by atoms with Crippen molar-refractivity contribution in [2.24, 2.45) is 0 Å². The average Bonchev–Trinajstić information content (AvgIpc) is 3.12. The first-order valence-corrected chi connectivity index (χ1v) is 9.82. The van der Waals surface area contributed by atoms with E-state index in [4.69, 9.17) is 18.9 Å². The van der Waals surface area contributed by atoms with E-state index in [1.54, 1.807) is 7.11 Å². The van der Waals surface area contributed by atoms with Crippen LogP contribution in [0.2, 0.25) is 0 Å². The maximum absolute atomic E-state index is 12.3. The highest BCUT2D eigenvalue weighted by Crippen LogP contribution is 2.32. The van der Waals surface area contributed by atoms with Crippen LogP contribution in [0.15, 0.2) is 36.4 Å². The summed E-state index contributed by atoms with van der Waals surface area (Å²) in [4.78, 5) is 14.6. The van der Waals surface area contributed by atoms with Crippen molar-refractivity contribution in [1.82, 2.24) is 10.2 Å². The molecule has 29 heavy (non-hydrogen) atoms. The number of nitrogens with zero attached hydrogens (tertiary/aromatic N) is 1. The van der Waals surface area contributed by atoms with Crippen LogP contribution in [0.25, 0.3) is 0 Å². The third kappa shape index (κ3) is 4.74. The van der Waals surface area contributed by atoms with Gasteiger partial charge in [-0.2, -0.15) is 0 Å². The molecule has 0 saturated heterocycles. The van der Waals surface area contributed by atoms with Crippen LogP contribution in [-0.4, -0.2) is 43.9 Å². The van der Waals surface area contributed by atoms with E-state index in [0.717, 1.165) is 47.2 Å². The highest BCUT2D eigenvalue weighted by Gasteiger charge is 2.21. The number of ether oxygens (including phenoxy) is 4. The van der Waals surface area contributed by atoms with E-state index in [1.165, 1.54) is 0 Å². The SMILES string of the molecule is COc1ccc2c(c1)OC(C)CN(CCC(=O)NCc1ccc3c(c1)OCO3)C2. The van der Waals surface area contributed by atoms with Crippen molar-refractivity contribution in [2.75, 3.05) is 27.0 Å². The van der Waals surface area contributed by atoms with E-state index in [1.807, 2.05) is 43.3 Å². The molecule has 0 fully saturated rings. The van der Waals surface area contributed by atoms with Crippen molar-refractivity contribution in [3.05, 3.63) is 47.5 Å². The van der Waals surface area contributed by atoms with Gasteiger partial charge in [-0.15, -0.1) is 0 Å².